The van der Waals surface area contributed by atoms with Gasteiger partial charge in [-0.1, -0.05) is 11.6 Å². The molecule has 1 N–H and O–H groups in total. The van der Waals surface area contributed by atoms with Crippen LogP contribution in [0, 0.1) is 11.3 Å². The topological polar surface area (TPSA) is 81.9 Å². The molecule has 0 saturated heterocycles. The van der Waals surface area contributed by atoms with Crippen LogP contribution in [0.3, 0.4) is 0 Å². The molecule has 1 amide bonds. The van der Waals surface area contributed by atoms with Gasteiger partial charge in [-0.25, -0.2) is 18.7 Å². The molecule has 1 aliphatic heterocycles. The second kappa shape index (κ2) is 6.35. The van der Waals surface area contributed by atoms with Gasteiger partial charge in [0, 0.05) is 30.1 Å². The van der Waals surface area contributed by atoms with Crippen molar-refractivity contribution in [2.75, 3.05) is 5.32 Å². The fourth-order valence-corrected chi connectivity index (χ4v) is 5.17. The van der Waals surface area contributed by atoms with E-state index in [0.29, 0.717) is 40.6 Å². The van der Waals surface area contributed by atoms with Gasteiger partial charge < -0.3 is 10.2 Å². The zero-order valence-electron chi connectivity index (χ0n) is 16.2. The quantitative estimate of drug-likeness (QED) is 0.804. The molecule has 1 saturated carbocycles. The Balaban J connectivity index is 1.32. The van der Waals surface area contributed by atoms with E-state index < -0.39 is 11.5 Å². The van der Waals surface area contributed by atoms with Crippen LogP contribution in [0.15, 0.2) is 18.3 Å². The molecule has 154 valence electrons. The number of nitrogens with one attached hydrogen (secondary N) is 1. The minimum absolute atomic E-state index is 0.000310. The predicted molar refractivity (Wildman–Crippen MR) is 105 cm³/mol. The molecule has 2 aliphatic carbocycles. The summed E-state index contributed by atoms with van der Waals surface area (Å²) in [6.45, 7) is 1.89. The molecule has 1 atom stereocenters. The number of aromatic nitrogens is 2. The number of anilines is 1. The molecule has 1 fully saturated rings. The summed E-state index contributed by atoms with van der Waals surface area (Å²) in [5.41, 5.74) is 2.63. The average molecular weight is 430 g/mol. The molecule has 3 aliphatic rings. The molecule has 1 unspecified atom stereocenters. The van der Waals surface area contributed by atoms with Gasteiger partial charge in [-0.15, -0.1) is 0 Å². The minimum atomic E-state index is -2.72. The van der Waals surface area contributed by atoms with Crippen LogP contribution in [0.4, 0.5) is 14.7 Å². The second-order valence-electron chi connectivity index (χ2n) is 8.60. The molecule has 2 heterocycles. The van der Waals surface area contributed by atoms with E-state index in [9.17, 15) is 18.8 Å². The van der Waals surface area contributed by atoms with Gasteiger partial charge in [-0.3, -0.25) is 4.79 Å². The van der Waals surface area contributed by atoms with Gasteiger partial charge in [0.05, 0.1) is 35.0 Å². The van der Waals surface area contributed by atoms with Crippen LogP contribution >= 0.6 is 11.6 Å². The lowest BCUT2D eigenvalue weighted by molar-refractivity contribution is -0.158. The van der Waals surface area contributed by atoms with E-state index in [2.05, 4.69) is 21.4 Å². The average Bonchev–Trinajstić information content (AvgIpc) is 3.20. The summed E-state index contributed by atoms with van der Waals surface area (Å²) in [5, 5.41) is 13.2. The van der Waals surface area contributed by atoms with E-state index in [4.69, 9.17) is 11.6 Å². The van der Waals surface area contributed by atoms with Crippen molar-refractivity contribution in [2.24, 2.45) is 0 Å². The molecule has 0 spiro atoms. The number of hydrogen-bond acceptors (Lipinski definition) is 5. The maximum Gasteiger partial charge on any atom is 0.258 e. The van der Waals surface area contributed by atoms with Crippen LogP contribution in [-0.2, 0) is 19.4 Å². The summed E-state index contributed by atoms with van der Waals surface area (Å²) in [6, 6.07) is 5.72. The van der Waals surface area contributed by atoms with Gasteiger partial charge in [0.2, 0.25) is 5.95 Å². The maximum absolute atomic E-state index is 13.4. The van der Waals surface area contributed by atoms with Crippen LogP contribution < -0.4 is 5.32 Å². The first-order valence-electron chi connectivity index (χ1n) is 9.71. The fraction of sp³-hybridized carbons (Fsp3) is 0.429. The van der Waals surface area contributed by atoms with Crippen molar-refractivity contribution in [1.82, 2.24) is 14.9 Å². The van der Waals surface area contributed by atoms with Crippen LogP contribution in [0.2, 0.25) is 5.02 Å². The Labute approximate surface area is 176 Å². The molecule has 6 nitrogen and oxygen atoms in total. The molecule has 5 rings (SSSR count). The maximum atomic E-state index is 13.4. The van der Waals surface area contributed by atoms with Crippen LogP contribution in [0.5, 0.6) is 0 Å². The van der Waals surface area contributed by atoms with E-state index in [0.717, 1.165) is 11.1 Å². The first kappa shape index (κ1) is 19.2. The number of amides is 1. The fourth-order valence-electron chi connectivity index (χ4n) is 4.93. The van der Waals surface area contributed by atoms with Crippen molar-refractivity contribution >= 4 is 23.5 Å². The van der Waals surface area contributed by atoms with Crippen molar-refractivity contribution in [3.63, 3.8) is 0 Å². The van der Waals surface area contributed by atoms with Gasteiger partial charge in [-0.2, -0.15) is 5.26 Å². The first-order valence-corrected chi connectivity index (χ1v) is 10.1. The minimum Gasteiger partial charge on any atom is -0.351 e. The number of carbonyl (C=O) groups is 1. The Morgan fingerprint density at radius 3 is 2.80 bits per heavy atom. The number of benzene rings is 1. The normalized spacial score (nSPS) is 22.8. The Morgan fingerprint density at radius 1 is 1.33 bits per heavy atom. The highest BCUT2D eigenvalue weighted by Crippen LogP contribution is 2.50. The number of carbonyl (C=O) groups excluding carboxylic acids is 1. The van der Waals surface area contributed by atoms with Crippen LogP contribution in [0.1, 0.15) is 52.5 Å². The van der Waals surface area contributed by atoms with Gasteiger partial charge in [0.15, 0.2) is 0 Å². The third-order valence-corrected chi connectivity index (χ3v) is 6.48. The summed E-state index contributed by atoms with van der Waals surface area (Å²) >= 11 is 6.10. The third-order valence-electron chi connectivity index (χ3n) is 6.26. The third kappa shape index (κ3) is 3.00. The van der Waals surface area contributed by atoms with Crippen molar-refractivity contribution in [3.8, 4) is 6.07 Å². The Hall–Kier alpha value is -2.79. The van der Waals surface area contributed by atoms with E-state index in [1.807, 2.05) is 6.07 Å². The van der Waals surface area contributed by atoms with Crippen molar-refractivity contribution in [1.29, 1.82) is 5.26 Å². The molecule has 0 bridgehead atoms. The summed E-state index contributed by atoms with van der Waals surface area (Å²) in [5.74, 6) is -2.63. The van der Waals surface area contributed by atoms with Crippen molar-refractivity contribution < 1.29 is 13.6 Å². The number of fused-ring (bicyclic) bond motifs is 2. The van der Waals surface area contributed by atoms with Gasteiger partial charge in [0.25, 0.3) is 11.8 Å². The largest absolute Gasteiger partial charge is 0.351 e. The van der Waals surface area contributed by atoms with Crippen molar-refractivity contribution in [3.05, 3.63) is 51.3 Å². The predicted octanol–water partition coefficient (Wildman–Crippen LogP) is 3.72. The molecule has 9 heteroatoms. The SMILES string of the molecule is CC1(N2Cc3nc(NC4Cc5cc(Cl)cc(C#N)c5C4)ncc3C2=O)CC(F)(F)C1. The Kier molecular flexibility index (Phi) is 4.06. The number of hydrogen-bond donors (Lipinski definition) is 1. The monoisotopic (exact) mass is 429 g/mol. The number of halogens is 3. The van der Waals surface area contributed by atoms with Crippen molar-refractivity contribution in [2.45, 2.75) is 56.7 Å². The van der Waals surface area contributed by atoms with Crippen LogP contribution in [0.25, 0.3) is 0 Å². The smallest absolute Gasteiger partial charge is 0.258 e. The standard InChI is InChI=1S/C21H18ClF2N5O/c1-20(9-21(23,24)10-20)29-8-17-16(18(29)30)7-26-19(28-17)27-14-4-11-2-13(22)3-12(6-25)15(11)5-14/h2-3,7,14H,4-5,8-10H2,1H3,(H,26,27,28). The lowest BCUT2D eigenvalue weighted by Gasteiger charge is -2.50. The van der Waals surface area contributed by atoms with E-state index in [1.54, 1.807) is 13.0 Å². The van der Waals surface area contributed by atoms with Gasteiger partial charge in [0.1, 0.15) is 0 Å². The van der Waals surface area contributed by atoms with E-state index >= 15 is 0 Å². The molecular formula is C21H18ClF2N5O. The Bertz CT molecular complexity index is 1120. The van der Waals surface area contributed by atoms with Crippen LogP contribution in [-0.4, -0.2) is 38.3 Å². The highest BCUT2D eigenvalue weighted by atomic mass is 35.5. The zero-order valence-corrected chi connectivity index (χ0v) is 16.9. The lowest BCUT2D eigenvalue weighted by atomic mass is 9.73. The number of rotatable bonds is 3. The summed E-state index contributed by atoms with van der Waals surface area (Å²) < 4.78 is 26.8. The Morgan fingerprint density at radius 2 is 2.10 bits per heavy atom. The zero-order chi connectivity index (χ0) is 21.3. The lowest BCUT2D eigenvalue weighted by Crippen LogP contribution is -2.60. The summed E-state index contributed by atoms with van der Waals surface area (Å²) in [4.78, 5) is 22.9. The highest BCUT2D eigenvalue weighted by molar-refractivity contribution is 6.30. The molecule has 1 aromatic carbocycles. The highest BCUT2D eigenvalue weighted by Gasteiger charge is 2.59. The second-order valence-corrected chi connectivity index (χ2v) is 9.04. The van der Waals surface area contributed by atoms with E-state index in [-0.39, 0.29) is 31.3 Å². The van der Waals surface area contributed by atoms with Gasteiger partial charge >= 0.3 is 0 Å². The summed E-state index contributed by atoms with van der Waals surface area (Å²) in [6.07, 6.45) is 2.13. The molecule has 1 aromatic heterocycles. The molecule has 30 heavy (non-hydrogen) atoms. The molecule has 0 radical (unpaired) electrons. The molecular weight excluding hydrogens is 412 g/mol. The molecule has 2 aromatic rings. The first-order chi connectivity index (χ1) is 14.2. The summed E-state index contributed by atoms with van der Waals surface area (Å²) in [7, 11) is 0. The number of nitrogens with zero attached hydrogens (tertiary/aromatic N) is 4. The number of nitriles is 1. The van der Waals surface area contributed by atoms with E-state index in [1.165, 1.54) is 11.1 Å². The number of alkyl halides is 2. The van der Waals surface area contributed by atoms with Gasteiger partial charge in [-0.05, 0) is 43.0 Å².